The Hall–Kier alpha value is -1.62. The van der Waals surface area contributed by atoms with E-state index < -0.39 is 25.5 Å². The third-order valence-corrected chi connectivity index (χ3v) is 3.90. The number of hydrogen-bond donors (Lipinski definition) is 1. The number of aryl methyl sites for hydroxylation is 1. The first-order chi connectivity index (χ1) is 9.32. The summed E-state index contributed by atoms with van der Waals surface area (Å²) in [6.07, 6.45) is 6.24. The van der Waals surface area contributed by atoms with Crippen LogP contribution in [0.1, 0.15) is 17.5 Å². The fourth-order valence-electron chi connectivity index (χ4n) is 1.88. The zero-order valence-corrected chi connectivity index (χ0v) is 12.1. The highest BCUT2D eigenvalue weighted by atomic mass is 35.5. The molecule has 0 radical (unpaired) electrons. The van der Waals surface area contributed by atoms with Crippen LogP contribution in [0.5, 0.6) is 0 Å². The Balaban J connectivity index is 3.59. The summed E-state index contributed by atoms with van der Waals surface area (Å²) in [6.45, 7) is 0. The Bertz CT molecular complexity index is 665. The van der Waals surface area contributed by atoms with Crippen molar-refractivity contribution < 1.29 is 13.3 Å². The van der Waals surface area contributed by atoms with Crippen LogP contribution in [0.3, 0.4) is 0 Å². The summed E-state index contributed by atoms with van der Waals surface area (Å²) in [7, 11) is -4.19. The van der Waals surface area contributed by atoms with E-state index >= 15 is 0 Å². The molecule has 1 aromatic rings. The molecule has 0 saturated heterocycles. The van der Waals surface area contributed by atoms with Crippen LogP contribution in [0.15, 0.2) is 17.0 Å². The smallest absolute Gasteiger partial charge is 0.258 e. The Morgan fingerprint density at radius 2 is 2.10 bits per heavy atom. The molecule has 2 N–H and O–H groups in total. The Morgan fingerprint density at radius 3 is 2.55 bits per heavy atom. The molecule has 0 atom stereocenters. The number of terminal acetylenes is 1. The molecule has 0 fully saturated rings. The third kappa shape index (κ3) is 3.70. The molecule has 0 saturated carbocycles. The summed E-state index contributed by atoms with van der Waals surface area (Å²) in [4.78, 5) is 9.89. The van der Waals surface area contributed by atoms with Crippen LogP contribution < -0.4 is 5.14 Å². The van der Waals surface area contributed by atoms with Gasteiger partial charge in [-0.2, -0.15) is 0 Å². The SMILES string of the molecule is C#CCc1c(CCCCl)ccc(S(N)(=O)=O)c1[N+](=O)[O-]. The molecule has 0 aromatic heterocycles. The number of nitrogens with zero attached hydrogens (tertiary/aromatic N) is 1. The van der Waals surface area contributed by atoms with E-state index in [0.29, 0.717) is 24.3 Å². The lowest BCUT2D eigenvalue weighted by atomic mass is 9.99. The van der Waals surface area contributed by atoms with Crippen molar-refractivity contribution in [2.24, 2.45) is 5.14 Å². The molecule has 0 aliphatic heterocycles. The first-order valence-corrected chi connectivity index (χ1v) is 7.72. The van der Waals surface area contributed by atoms with Crippen molar-refractivity contribution >= 4 is 27.3 Å². The minimum atomic E-state index is -4.19. The average Bonchev–Trinajstić information content (AvgIpc) is 2.35. The summed E-state index contributed by atoms with van der Waals surface area (Å²) in [5.74, 6) is 2.69. The molecule has 0 amide bonds. The number of benzene rings is 1. The molecule has 6 nitrogen and oxygen atoms in total. The maximum Gasteiger partial charge on any atom is 0.293 e. The van der Waals surface area contributed by atoms with Crippen molar-refractivity contribution in [2.75, 3.05) is 5.88 Å². The molecule has 0 heterocycles. The first-order valence-electron chi connectivity index (χ1n) is 5.64. The Morgan fingerprint density at radius 1 is 1.45 bits per heavy atom. The molecule has 0 aliphatic rings. The van der Waals surface area contributed by atoms with E-state index in [1.54, 1.807) is 0 Å². The van der Waals surface area contributed by atoms with Crippen LogP contribution in [-0.2, 0) is 22.9 Å². The number of primary sulfonamides is 1. The van der Waals surface area contributed by atoms with Crippen LogP contribution in [0, 0.1) is 22.5 Å². The normalized spacial score (nSPS) is 11.1. The molecule has 1 rings (SSSR count). The summed E-state index contributed by atoms with van der Waals surface area (Å²) in [5.41, 5.74) is 0.273. The van der Waals surface area contributed by atoms with E-state index in [2.05, 4.69) is 5.92 Å². The predicted molar refractivity (Wildman–Crippen MR) is 76.0 cm³/mol. The molecule has 20 heavy (non-hydrogen) atoms. The minimum Gasteiger partial charge on any atom is -0.258 e. The van der Waals surface area contributed by atoms with E-state index in [4.69, 9.17) is 23.2 Å². The number of nitrogens with two attached hydrogens (primary N) is 1. The number of nitro benzene ring substituents is 1. The Kier molecular flexibility index (Phi) is 5.51. The number of hydrogen-bond acceptors (Lipinski definition) is 4. The van der Waals surface area contributed by atoms with Gasteiger partial charge >= 0.3 is 0 Å². The first kappa shape index (κ1) is 16.4. The van der Waals surface area contributed by atoms with Gasteiger partial charge in [0.15, 0.2) is 4.90 Å². The van der Waals surface area contributed by atoms with Crippen molar-refractivity contribution in [1.29, 1.82) is 0 Å². The molecule has 108 valence electrons. The van der Waals surface area contributed by atoms with Gasteiger partial charge in [-0.05, 0) is 24.5 Å². The van der Waals surface area contributed by atoms with Crippen LogP contribution in [0.4, 0.5) is 5.69 Å². The lowest BCUT2D eigenvalue weighted by Gasteiger charge is -2.10. The summed E-state index contributed by atoms with van der Waals surface area (Å²) in [6, 6.07) is 2.63. The molecule has 0 bridgehead atoms. The van der Waals surface area contributed by atoms with Crippen molar-refractivity contribution in [3.63, 3.8) is 0 Å². The molecule has 0 aliphatic carbocycles. The van der Waals surface area contributed by atoms with Gasteiger partial charge in [0, 0.05) is 17.9 Å². The van der Waals surface area contributed by atoms with E-state index in [0.717, 1.165) is 6.07 Å². The van der Waals surface area contributed by atoms with Crippen LogP contribution in [0.2, 0.25) is 0 Å². The largest absolute Gasteiger partial charge is 0.293 e. The maximum absolute atomic E-state index is 11.4. The highest BCUT2D eigenvalue weighted by Crippen LogP contribution is 2.31. The summed E-state index contributed by atoms with van der Waals surface area (Å²) in [5, 5.41) is 16.2. The van der Waals surface area contributed by atoms with Gasteiger partial charge < -0.3 is 0 Å². The van der Waals surface area contributed by atoms with Crippen LogP contribution >= 0.6 is 11.6 Å². The average molecular weight is 317 g/mol. The van der Waals surface area contributed by atoms with Gasteiger partial charge in [-0.15, -0.1) is 23.9 Å². The van der Waals surface area contributed by atoms with Crippen molar-refractivity contribution in [1.82, 2.24) is 0 Å². The fraction of sp³-hybridized carbons (Fsp3) is 0.333. The van der Waals surface area contributed by atoms with E-state index in [1.807, 2.05) is 0 Å². The standard InChI is InChI=1S/C12H13ClN2O4S/c1-2-4-10-9(5-3-8-13)6-7-11(20(14,18)19)12(10)15(16)17/h1,6-7H,3-5,8H2,(H2,14,18,19). The fourth-order valence-corrected chi connectivity index (χ4v) is 2.74. The molecule has 8 heteroatoms. The van der Waals surface area contributed by atoms with Gasteiger partial charge in [-0.1, -0.05) is 6.07 Å². The van der Waals surface area contributed by atoms with Gasteiger partial charge in [-0.3, -0.25) is 10.1 Å². The van der Waals surface area contributed by atoms with Crippen molar-refractivity contribution in [3.05, 3.63) is 33.4 Å². The predicted octanol–water partition coefficient (Wildman–Crippen LogP) is 1.59. The van der Waals surface area contributed by atoms with E-state index in [1.165, 1.54) is 6.07 Å². The second-order valence-corrected chi connectivity index (χ2v) is 5.93. The minimum absolute atomic E-state index is 0.0444. The van der Waals surface area contributed by atoms with Gasteiger partial charge in [0.25, 0.3) is 5.69 Å². The van der Waals surface area contributed by atoms with E-state index in [-0.39, 0.29) is 12.0 Å². The van der Waals surface area contributed by atoms with Crippen LogP contribution in [0.25, 0.3) is 0 Å². The topological polar surface area (TPSA) is 103 Å². The second kappa shape index (κ2) is 6.70. The number of rotatable bonds is 6. The van der Waals surface area contributed by atoms with Gasteiger partial charge in [0.05, 0.1) is 4.92 Å². The number of alkyl halides is 1. The van der Waals surface area contributed by atoms with E-state index in [9.17, 15) is 18.5 Å². The van der Waals surface area contributed by atoms with Crippen molar-refractivity contribution in [2.45, 2.75) is 24.2 Å². The monoisotopic (exact) mass is 316 g/mol. The van der Waals surface area contributed by atoms with Gasteiger partial charge in [0.1, 0.15) is 0 Å². The molecule has 0 spiro atoms. The van der Waals surface area contributed by atoms with Crippen molar-refractivity contribution in [3.8, 4) is 12.3 Å². The summed E-state index contributed by atoms with van der Waals surface area (Å²) >= 11 is 5.60. The zero-order valence-electron chi connectivity index (χ0n) is 10.5. The molecule has 0 unspecified atom stereocenters. The lowest BCUT2D eigenvalue weighted by Crippen LogP contribution is -2.16. The maximum atomic E-state index is 11.4. The lowest BCUT2D eigenvalue weighted by molar-refractivity contribution is -0.388. The molecular formula is C12H13ClN2O4S. The summed E-state index contributed by atoms with van der Waals surface area (Å²) < 4.78 is 22.9. The number of halogens is 1. The highest BCUT2D eigenvalue weighted by molar-refractivity contribution is 7.89. The van der Waals surface area contributed by atoms with Gasteiger partial charge in [-0.25, -0.2) is 13.6 Å². The molecule has 1 aromatic carbocycles. The highest BCUT2D eigenvalue weighted by Gasteiger charge is 2.28. The molecular weight excluding hydrogens is 304 g/mol. The zero-order chi connectivity index (χ0) is 15.3. The van der Waals surface area contributed by atoms with Crippen LogP contribution in [-0.4, -0.2) is 19.2 Å². The number of nitro groups is 1. The third-order valence-electron chi connectivity index (χ3n) is 2.69. The Labute approximate surface area is 122 Å². The number of sulfonamides is 1. The second-order valence-electron chi connectivity index (χ2n) is 4.03. The quantitative estimate of drug-likeness (QED) is 0.372. The van der Waals surface area contributed by atoms with Gasteiger partial charge in [0.2, 0.25) is 10.0 Å².